The molecule has 1 aliphatic heterocycles. The molecule has 0 unspecified atom stereocenters. The first-order valence-electron chi connectivity index (χ1n) is 9.95. The van der Waals surface area contributed by atoms with Crippen molar-refractivity contribution in [3.63, 3.8) is 0 Å². The van der Waals surface area contributed by atoms with E-state index in [1.165, 1.54) is 10.7 Å². The molecule has 1 saturated heterocycles. The minimum atomic E-state index is -1.19. The number of methoxy groups -OCH3 is 1. The highest BCUT2D eigenvalue weighted by atomic mass is 19.1. The van der Waals surface area contributed by atoms with Crippen LogP contribution in [0.1, 0.15) is 30.9 Å². The van der Waals surface area contributed by atoms with E-state index in [0.29, 0.717) is 17.9 Å². The number of fused-ring (bicyclic) bond motifs is 1. The highest BCUT2D eigenvalue weighted by molar-refractivity contribution is 5.63. The molecule has 2 N–H and O–H groups in total. The van der Waals surface area contributed by atoms with Gasteiger partial charge in [0.25, 0.3) is 0 Å². The lowest BCUT2D eigenvalue weighted by Gasteiger charge is -2.26. The summed E-state index contributed by atoms with van der Waals surface area (Å²) in [7, 11) is 1.58. The molecule has 1 aliphatic carbocycles. The summed E-state index contributed by atoms with van der Waals surface area (Å²) >= 11 is 0. The van der Waals surface area contributed by atoms with Gasteiger partial charge in [-0.2, -0.15) is 5.10 Å². The van der Waals surface area contributed by atoms with Crippen LogP contribution in [0.5, 0.6) is 5.75 Å². The fourth-order valence-corrected chi connectivity index (χ4v) is 3.91. The molecule has 2 atom stereocenters. The largest absolute Gasteiger partial charge is 0.495 e. The van der Waals surface area contributed by atoms with Gasteiger partial charge in [0.1, 0.15) is 29.0 Å². The molecule has 10 heteroatoms. The van der Waals surface area contributed by atoms with Crippen molar-refractivity contribution in [2.24, 2.45) is 0 Å². The average molecular weight is 418 g/mol. The molecule has 5 rings (SSSR count). The summed E-state index contributed by atoms with van der Waals surface area (Å²) in [6.07, 6.45) is 3.40. The van der Waals surface area contributed by atoms with Gasteiger partial charge in [-0.05, 0) is 12.8 Å². The summed E-state index contributed by atoms with van der Waals surface area (Å²) in [5.74, 6) is -1.01. The third kappa shape index (κ3) is 3.15. The molecular weight excluding hydrogens is 397 g/mol. The number of anilines is 1. The Kier molecular flexibility index (Phi) is 4.73. The zero-order valence-corrected chi connectivity index (χ0v) is 16.3. The topological polar surface area (TPSA) is 76.4 Å². The van der Waals surface area contributed by atoms with Gasteiger partial charge >= 0.3 is 0 Å². The molecule has 1 saturated carbocycles. The Morgan fingerprint density at radius 2 is 2.03 bits per heavy atom. The van der Waals surface area contributed by atoms with E-state index in [2.05, 4.69) is 25.7 Å². The number of nitrogens with zero attached hydrogens (tertiary/aromatic N) is 4. The molecular formula is C20H21F3N6O. The quantitative estimate of drug-likeness (QED) is 0.663. The number of aromatic nitrogens is 4. The predicted octanol–water partition coefficient (Wildman–Crippen LogP) is 3.07. The van der Waals surface area contributed by atoms with E-state index in [-0.39, 0.29) is 29.7 Å². The van der Waals surface area contributed by atoms with Crippen LogP contribution in [-0.4, -0.2) is 52.0 Å². The second-order valence-electron chi connectivity index (χ2n) is 7.71. The molecule has 3 aromatic heterocycles. The van der Waals surface area contributed by atoms with Gasteiger partial charge in [-0.1, -0.05) is 6.42 Å². The molecule has 0 bridgehead atoms. The Morgan fingerprint density at radius 3 is 2.70 bits per heavy atom. The monoisotopic (exact) mass is 418 g/mol. The van der Waals surface area contributed by atoms with Crippen LogP contribution in [0.3, 0.4) is 0 Å². The normalized spacial score (nSPS) is 21.7. The summed E-state index contributed by atoms with van der Waals surface area (Å²) < 4.78 is 49.9. The van der Waals surface area contributed by atoms with Gasteiger partial charge in [-0.3, -0.25) is 0 Å². The second kappa shape index (κ2) is 7.42. The number of halogens is 3. The Hall–Kier alpha value is -2.88. The maximum Gasteiger partial charge on any atom is 0.168 e. The van der Waals surface area contributed by atoms with Crippen molar-refractivity contribution < 1.29 is 17.9 Å². The first kappa shape index (κ1) is 19.1. The van der Waals surface area contributed by atoms with Gasteiger partial charge in [0.2, 0.25) is 0 Å². The van der Waals surface area contributed by atoms with E-state index in [0.717, 1.165) is 31.0 Å². The highest BCUT2D eigenvalue weighted by Gasteiger charge is 2.29. The first-order chi connectivity index (χ1) is 14.5. The van der Waals surface area contributed by atoms with E-state index in [4.69, 9.17) is 4.74 Å². The van der Waals surface area contributed by atoms with Gasteiger partial charge in [-0.25, -0.2) is 27.7 Å². The van der Waals surface area contributed by atoms with Crippen LogP contribution in [-0.2, 0) is 0 Å². The lowest BCUT2D eigenvalue weighted by molar-refractivity contribution is 0.341. The molecule has 0 radical (unpaired) electrons. The molecule has 4 heterocycles. The Bertz CT molecular complexity index is 1100. The Labute approximate surface area is 170 Å². The summed E-state index contributed by atoms with van der Waals surface area (Å²) in [5.41, 5.74) is 1.43. The second-order valence-corrected chi connectivity index (χ2v) is 7.71. The number of ether oxygens (including phenoxy) is 1. The Morgan fingerprint density at radius 1 is 1.20 bits per heavy atom. The molecule has 0 spiro atoms. The van der Waals surface area contributed by atoms with Crippen LogP contribution in [0.25, 0.3) is 17.0 Å². The number of hydrogen-bond acceptors (Lipinski definition) is 6. The predicted molar refractivity (Wildman–Crippen MR) is 104 cm³/mol. The standard InChI is InChI=1S/C20H21F3N6O/c1-30-16-6-17-25-9-15(29(17)28-18(16)10-3-2-4-10)19-11(21)5-12(22)20(27-19)26-14-8-24-7-13(14)23/h5-6,9-10,13-14,24H,2-4,7-8H2,1H3,(H,26,27)/t13-,14-/m0/s1. The van der Waals surface area contributed by atoms with Crippen LogP contribution in [0, 0.1) is 11.6 Å². The minimum Gasteiger partial charge on any atom is -0.495 e. The van der Waals surface area contributed by atoms with Crippen LogP contribution in [0.4, 0.5) is 19.0 Å². The van der Waals surface area contributed by atoms with Crippen molar-refractivity contribution in [2.75, 3.05) is 25.5 Å². The molecule has 158 valence electrons. The van der Waals surface area contributed by atoms with Crippen molar-refractivity contribution in [2.45, 2.75) is 37.4 Å². The van der Waals surface area contributed by atoms with Gasteiger partial charge in [0.05, 0.1) is 19.3 Å². The summed E-state index contributed by atoms with van der Waals surface area (Å²) in [6, 6.07) is 1.86. The fraction of sp³-hybridized carbons (Fsp3) is 0.450. The molecule has 7 nitrogen and oxygen atoms in total. The molecule has 0 aromatic carbocycles. The SMILES string of the molecule is COc1cc2ncc(-c3nc(N[C@H]4CNC[C@@H]4F)c(F)cc3F)n2nc1C1CCC1. The van der Waals surface area contributed by atoms with Crippen molar-refractivity contribution in [1.29, 1.82) is 0 Å². The molecule has 3 aromatic rings. The van der Waals surface area contributed by atoms with E-state index >= 15 is 0 Å². The maximum atomic E-state index is 14.7. The van der Waals surface area contributed by atoms with Crippen LogP contribution >= 0.6 is 0 Å². The average Bonchev–Trinajstić information content (AvgIpc) is 3.28. The molecule has 30 heavy (non-hydrogen) atoms. The summed E-state index contributed by atoms with van der Waals surface area (Å²) in [4.78, 5) is 8.41. The highest BCUT2D eigenvalue weighted by Crippen LogP contribution is 2.40. The first-order valence-corrected chi connectivity index (χ1v) is 9.95. The van der Waals surface area contributed by atoms with Gasteiger partial charge < -0.3 is 15.4 Å². The molecule has 0 amide bonds. The number of pyridine rings is 1. The van der Waals surface area contributed by atoms with E-state index < -0.39 is 23.8 Å². The van der Waals surface area contributed by atoms with Crippen LogP contribution in [0.15, 0.2) is 18.3 Å². The van der Waals surface area contributed by atoms with E-state index in [9.17, 15) is 13.2 Å². The van der Waals surface area contributed by atoms with E-state index in [1.807, 2.05) is 0 Å². The van der Waals surface area contributed by atoms with Gasteiger partial charge in [-0.15, -0.1) is 0 Å². The van der Waals surface area contributed by atoms with Crippen molar-refractivity contribution >= 4 is 11.5 Å². The number of imidazole rings is 1. The maximum absolute atomic E-state index is 14.7. The van der Waals surface area contributed by atoms with Gasteiger partial charge in [0.15, 0.2) is 23.1 Å². The number of hydrogen-bond donors (Lipinski definition) is 2. The van der Waals surface area contributed by atoms with Crippen LogP contribution in [0.2, 0.25) is 0 Å². The van der Waals surface area contributed by atoms with Crippen molar-refractivity contribution in [3.05, 3.63) is 35.7 Å². The van der Waals surface area contributed by atoms with Crippen LogP contribution < -0.4 is 15.4 Å². The Balaban J connectivity index is 1.58. The minimum absolute atomic E-state index is 0.106. The zero-order chi connectivity index (χ0) is 20.8. The fourth-order valence-electron chi connectivity index (χ4n) is 3.91. The smallest absolute Gasteiger partial charge is 0.168 e. The number of rotatable bonds is 5. The summed E-state index contributed by atoms with van der Waals surface area (Å²) in [5, 5.41) is 10.3. The lowest BCUT2D eigenvalue weighted by atomic mass is 9.82. The van der Waals surface area contributed by atoms with Gasteiger partial charge in [0, 0.05) is 31.1 Å². The van der Waals surface area contributed by atoms with Crippen molar-refractivity contribution in [1.82, 2.24) is 24.9 Å². The molecule has 2 aliphatic rings. The number of nitrogens with one attached hydrogen (secondary N) is 2. The summed E-state index contributed by atoms with van der Waals surface area (Å²) in [6.45, 7) is 0.507. The van der Waals surface area contributed by atoms with Crippen molar-refractivity contribution in [3.8, 4) is 17.1 Å². The zero-order valence-electron chi connectivity index (χ0n) is 16.3. The molecule has 2 fully saturated rings. The third-order valence-electron chi connectivity index (χ3n) is 5.83. The van der Waals surface area contributed by atoms with E-state index in [1.54, 1.807) is 13.2 Å². The lowest BCUT2D eigenvalue weighted by Crippen LogP contribution is -2.30. The third-order valence-corrected chi connectivity index (χ3v) is 5.83. The number of alkyl halides is 1.